The van der Waals surface area contributed by atoms with E-state index in [-0.39, 0.29) is 5.54 Å². The molecule has 0 unspecified atom stereocenters. The summed E-state index contributed by atoms with van der Waals surface area (Å²) in [6.45, 7) is 4.72. The van der Waals surface area contributed by atoms with Gasteiger partial charge in [-0.25, -0.2) is 0 Å². The number of aliphatic imine (C=N–C) groups is 1. The van der Waals surface area contributed by atoms with Gasteiger partial charge in [0.1, 0.15) is 6.34 Å². The van der Waals surface area contributed by atoms with Crippen LogP contribution in [0.1, 0.15) is 13.8 Å². The maximum absolute atomic E-state index is 4.14. The Morgan fingerprint density at radius 1 is 1.40 bits per heavy atom. The molecule has 1 aliphatic rings. The van der Waals surface area contributed by atoms with Crippen LogP contribution in [0.4, 0.5) is 0 Å². The van der Waals surface area contributed by atoms with E-state index in [2.05, 4.69) is 15.2 Å². The molecule has 0 aromatic rings. The molecular weight excluding hydrogens is 126 g/mol. The smallest absolute Gasteiger partial charge is 0.133 e. The monoisotopic (exact) mass is 137 g/mol. The average molecular weight is 137 g/mol. The maximum atomic E-state index is 4.14. The fourth-order valence-corrected chi connectivity index (χ4v) is 0.690. The second-order valence-electron chi connectivity index (χ2n) is 2.74. The number of nitrogens with zero attached hydrogens (tertiary/aromatic N) is 3. The minimum Gasteiger partial charge on any atom is -0.261 e. The van der Waals surface area contributed by atoms with Crippen molar-refractivity contribution in [3.8, 4) is 0 Å². The van der Waals surface area contributed by atoms with Gasteiger partial charge in [-0.05, 0) is 13.8 Å². The second-order valence-corrected chi connectivity index (χ2v) is 2.74. The number of rotatable bonds is 0. The first kappa shape index (κ1) is 7.12. The second kappa shape index (κ2) is 2.73. The third-order valence-corrected chi connectivity index (χ3v) is 1.24. The van der Waals surface area contributed by atoms with E-state index in [4.69, 9.17) is 0 Å². The SMILES string of the molecule is CC1(C)C=CCN=NC=N1. The van der Waals surface area contributed by atoms with Gasteiger partial charge in [-0.3, -0.25) is 4.99 Å². The number of hydrogen-bond acceptors (Lipinski definition) is 3. The summed E-state index contributed by atoms with van der Waals surface area (Å²) in [6.07, 6.45) is 5.51. The molecule has 0 spiro atoms. The molecule has 0 saturated carbocycles. The highest BCUT2D eigenvalue weighted by Gasteiger charge is 2.09. The van der Waals surface area contributed by atoms with E-state index in [1.165, 1.54) is 6.34 Å². The zero-order valence-electron chi connectivity index (χ0n) is 6.28. The Morgan fingerprint density at radius 3 is 3.00 bits per heavy atom. The summed E-state index contributed by atoms with van der Waals surface area (Å²) in [5.41, 5.74) is -0.112. The van der Waals surface area contributed by atoms with Crippen LogP contribution in [0.15, 0.2) is 27.4 Å². The van der Waals surface area contributed by atoms with E-state index in [0.717, 1.165) is 0 Å². The van der Waals surface area contributed by atoms with Crippen molar-refractivity contribution in [2.75, 3.05) is 6.54 Å². The van der Waals surface area contributed by atoms with Gasteiger partial charge in [0.25, 0.3) is 0 Å². The molecule has 0 atom stereocenters. The van der Waals surface area contributed by atoms with Gasteiger partial charge in [0.15, 0.2) is 0 Å². The van der Waals surface area contributed by atoms with Crippen LogP contribution in [-0.2, 0) is 0 Å². The Morgan fingerprint density at radius 2 is 2.20 bits per heavy atom. The topological polar surface area (TPSA) is 37.1 Å². The van der Waals surface area contributed by atoms with E-state index in [1.54, 1.807) is 0 Å². The molecule has 0 radical (unpaired) electrons. The van der Waals surface area contributed by atoms with Crippen molar-refractivity contribution in [2.24, 2.45) is 15.2 Å². The summed E-state index contributed by atoms with van der Waals surface area (Å²) >= 11 is 0. The normalized spacial score (nSPS) is 22.2. The van der Waals surface area contributed by atoms with Crippen molar-refractivity contribution in [1.82, 2.24) is 0 Å². The van der Waals surface area contributed by atoms with Gasteiger partial charge in [0.05, 0.1) is 12.1 Å². The summed E-state index contributed by atoms with van der Waals surface area (Å²) in [6, 6.07) is 0. The van der Waals surface area contributed by atoms with Crippen LogP contribution in [0.5, 0.6) is 0 Å². The van der Waals surface area contributed by atoms with Gasteiger partial charge in [-0.1, -0.05) is 12.2 Å². The quantitative estimate of drug-likeness (QED) is 0.457. The van der Waals surface area contributed by atoms with Gasteiger partial charge in [0.2, 0.25) is 0 Å². The highest BCUT2D eigenvalue weighted by atomic mass is 15.1. The molecular formula is C7H11N3. The highest BCUT2D eigenvalue weighted by Crippen LogP contribution is 2.10. The fourth-order valence-electron chi connectivity index (χ4n) is 0.690. The third-order valence-electron chi connectivity index (χ3n) is 1.24. The number of azo groups is 1. The van der Waals surface area contributed by atoms with Crippen LogP contribution in [0.2, 0.25) is 0 Å². The van der Waals surface area contributed by atoms with Crippen molar-refractivity contribution in [2.45, 2.75) is 19.4 Å². The first-order valence-electron chi connectivity index (χ1n) is 3.29. The van der Waals surface area contributed by atoms with Crippen LogP contribution in [-0.4, -0.2) is 18.4 Å². The Balaban J connectivity index is 2.78. The molecule has 54 valence electrons. The molecule has 3 nitrogen and oxygen atoms in total. The van der Waals surface area contributed by atoms with Gasteiger partial charge in [-0.2, -0.15) is 5.11 Å². The van der Waals surface area contributed by atoms with Crippen molar-refractivity contribution in [3.05, 3.63) is 12.2 Å². The predicted molar refractivity (Wildman–Crippen MR) is 41.4 cm³/mol. The Labute approximate surface area is 60.6 Å². The molecule has 0 bridgehead atoms. The van der Waals surface area contributed by atoms with Crippen molar-refractivity contribution < 1.29 is 0 Å². The van der Waals surface area contributed by atoms with E-state index in [0.29, 0.717) is 6.54 Å². The first-order valence-corrected chi connectivity index (χ1v) is 3.29. The lowest BCUT2D eigenvalue weighted by atomic mass is 10.1. The summed E-state index contributed by atoms with van der Waals surface area (Å²) in [4.78, 5) is 4.14. The van der Waals surface area contributed by atoms with Gasteiger partial charge in [0, 0.05) is 0 Å². The van der Waals surface area contributed by atoms with Crippen LogP contribution < -0.4 is 0 Å². The largest absolute Gasteiger partial charge is 0.261 e. The van der Waals surface area contributed by atoms with Gasteiger partial charge < -0.3 is 0 Å². The molecule has 1 heterocycles. The zero-order valence-corrected chi connectivity index (χ0v) is 6.28. The van der Waals surface area contributed by atoms with Gasteiger partial charge in [-0.15, -0.1) is 5.11 Å². The Bertz CT molecular complexity index is 189. The average Bonchev–Trinajstić information content (AvgIpc) is 1.81. The maximum Gasteiger partial charge on any atom is 0.133 e. The van der Waals surface area contributed by atoms with Crippen molar-refractivity contribution in [1.29, 1.82) is 0 Å². The summed E-state index contributed by atoms with van der Waals surface area (Å²) in [7, 11) is 0. The lowest BCUT2D eigenvalue weighted by Gasteiger charge is -2.12. The number of hydrogen-bond donors (Lipinski definition) is 0. The molecule has 0 aromatic carbocycles. The summed E-state index contributed by atoms with van der Waals surface area (Å²) in [5, 5.41) is 7.49. The first-order chi connectivity index (χ1) is 4.71. The fraction of sp³-hybridized carbons (Fsp3) is 0.571. The van der Waals surface area contributed by atoms with Crippen molar-refractivity contribution in [3.63, 3.8) is 0 Å². The minimum atomic E-state index is -0.112. The molecule has 0 amide bonds. The van der Waals surface area contributed by atoms with Crippen LogP contribution >= 0.6 is 0 Å². The van der Waals surface area contributed by atoms with Gasteiger partial charge >= 0.3 is 0 Å². The van der Waals surface area contributed by atoms with Crippen molar-refractivity contribution >= 4 is 6.34 Å². The highest BCUT2D eigenvalue weighted by molar-refractivity contribution is 5.55. The molecule has 0 aliphatic carbocycles. The summed E-state index contributed by atoms with van der Waals surface area (Å²) < 4.78 is 0. The third kappa shape index (κ3) is 2.09. The lowest BCUT2D eigenvalue weighted by molar-refractivity contribution is 0.654. The standard InChI is InChI=1S/C7H11N3/c1-7(2)4-3-5-9-10-6-8-7/h3-4,6H,5H2,1-2H3. The molecule has 0 saturated heterocycles. The summed E-state index contributed by atoms with van der Waals surface area (Å²) in [5.74, 6) is 0. The van der Waals surface area contributed by atoms with Crippen LogP contribution in [0.3, 0.4) is 0 Å². The molecule has 0 fully saturated rings. The molecule has 0 N–H and O–H groups in total. The van der Waals surface area contributed by atoms with E-state index in [1.807, 2.05) is 26.0 Å². The zero-order chi connectivity index (χ0) is 7.45. The van der Waals surface area contributed by atoms with Crippen LogP contribution in [0, 0.1) is 0 Å². The molecule has 0 aromatic heterocycles. The lowest BCUT2D eigenvalue weighted by Crippen LogP contribution is -2.12. The molecule has 10 heavy (non-hydrogen) atoms. The van der Waals surface area contributed by atoms with E-state index >= 15 is 0 Å². The predicted octanol–water partition coefficient (Wildman–Crippen LogP) is 1.82. The molecule has 1 aliphatic heterocycles. The molecule has 3 heteroatoms. The van der Waals surface area contributed by atoms with E-state index in [9.17, 15) is 0 Å². The minimum absolute atomic E-state index is 0.112. The van der Waals surface area contributed by atoms with Crippen LogP contribution in [0.25, 0.3) is 0 Å². The van der Waals surface area contributed by atoms with E-state index < -0.39 is 0 Å². The Hall–Kier alpha value is -0.990. The molecule has 1 rings (SSSR count). The Kier molecular flexibility index (Phi) is 1.94.